The zero-order valence-electron chi connectivity index (χ0n) is 19.9. The number of aromatic nitrogens is 3. The van der Waals surface area contributed by atoms with Gasteiger partial charge in [-0.15, -0.1) is 0 Å². The molecule has 2 fully saturated rings. The number of amides is 1. The second kappa shape index (κ2) is 8.12. The van der Waals surface area contributed by atoms with Gasteiger partial charge in [-0.05, 0) is 55.9 Å². The van der Waals surface area contributed by atoms with E-state index in [-0.39, 0.29) is 11.9 Å². The topological polar surface area (TPSA) is 78.3 Å². The number of benzene rings is 2. The number of hydrogen-bond acceptors (Lipinski definition) is 4. The number of nitrogens with zero attached hydrogens (tertiary/aromatic N) is 4. The quantitative estimate of drug-likeness (QED) is 0.480. The van der Waals surface area contributed by atoms with Crippen LogP contribution in [0.5, 0.6) is 5.75 Å². The van der Waals surface area contributed by atoms with Crippen LogP contribution >= 0.6 is 0 Å². The van der Waals surface area contributed by atoms with E-state index in [0.29, 0.717) is 18.7 Å². The molecule has 7 nitrogen and oxygen atoms in total. The summed E-state index contributed by atoms with van der Waals surface area (Å²) in [6.07, 6.45) is 5.84. The molecule has 7 heteroatoms. The van der Waals surface area contributed by atoms with Crippen LogP contribution in [0.3, 0.4) is 0 Å². The van der Waals surface area contributed by atoms with Crippen molar-refractivity contribution in [3.05, 3.63) is 48.0 Å². The second-order valence-electron chi connectivity index (χ2n) is 10.4. The zero-order valence-corrected chi connectivity index (χ0v) is 19.9. The molecule has 0 bridgehead atoms. The molecule has 0 spiro atoms. The van der Waals surface area contributed by atoms with E-state index in [2.05, 4.69) is 39.5 Å². The summed E-state index contributed by atoms with van der Waals surface area (Å²) in [4.78, 5) is 20.4. The number of rotatable bonds is 4. The van der Waals surface area contributed by atoms with Crippen molar-refractivity contribution in [3.8, 4) is 17.3 Å². The lowest BCUT2D eigenvalue weighted by Gasteiger charge is -2.31. The van der Waals surface area contributed by atoms with E-state index in [0.717, 1.165) is 66.7 Å². The molecule has 1 aliphatic carbocycles. The van der Waals surface area contributed by atoms with Crippen molar-refractivity contribution in [2.24, 2.45) is 11.7 Å². The summed E-state index contributed by atoms with van der Waals surface area (Å²) in [7, 11) is 0. The van der Waals surface area contributed by atoms with Crippen molar-refractivity contribution in [3.63, 3.8) is 0 Å². The van der Waals surface area contributed by atoms with Gasteiger partial charge in [0, 0.05) is 42.1 Å². The number of nitrogens with two attached hydrogens (primary N) is 1. The van der Waals surface area contributed by atoms with Crippen molar-refractivity contribution < 1.29 is 9.53 Å². The maximum absolute atomic E-state index is 13.3. The fourth-order valence-corrected chi connectivity index (χ4v) is 6.03. The Morgan fingerprint density at radius 2 is 1.97 bits per heavy atom. The second-order valence-corrected chi connectivity index (χ2v) is 10.4. The maximum Gasteiger partial charge on any atom is 0.254 e. The standard InChI is InChI=1S/C28H31N5O2/c29-21-8-4-10-31(17-21)28(34)20-13-22-26-25(15-20)35-12-11-32(26)27(30-22)24-14-19-7-1-2-9-23(19)33(24)16-18-5-3-6-18/h1-2,7,9,13-15,18,21H,3-6,8,10-12,16-17,29H2/t21-/m1/s1. The molecule has 35 heavy (non-hydrogen) atoms. The minimum Gasteiger partial charge on any atom is -0.489 e. The molecule has 2 aromatic heterocycles. The Bertz CT molecular complexity index is 1450. The summed E-state index contributed by atoms with van der Waals surface area (Å²) >= 11 is 0. The highest BCUT2D eigenvalue weighted by Gasteiger charge is 2.28. The van der Waals surface area contributed by atoms with Crippen molar-refractivity contribution >= 4 is 27.8 Å². The van der Waals surface area contributed by atoms with Gasteiger partial charge in [-0.25, -0.2) is 4.98 Å². The Hall–Kier alpha value is -3.32. The highest BCUT2D eigenvalue weighted by Crippen LogP contribution is 2.38. The zero-order chi connectivity index (χ0) is 23.5. The van der Waals surface area contributed by atoms with Crippen LogP contribution < -0.4 is 10.5 Å². The number of fused-ring (bicyclic) bond motifs is 1. The summed E-state index contributed by atoms with van der Waals surface area (Å²) < 4.78 is 10.8. The number of likely N-dealkylation sites (tertiary alicyclic amines) is 1. The lowest BCUT2D eigenvalue weighted by atomic mass is 9.85. The highest BCUT2D eigenvalue weighted by atomic mass is 16.5. The van der Waals surface area contributed by atoms with Crippen LogP contribution in [0.15, 0.2) is 42.5 Å². The summed E-state index contributed by atoms with van der Waals surface area (Å²) in [5.74, 6) is 2.46. The van der Waals surface area contributed by atoms with Gasteiger partial charge in [-0.2, -0.15) is 0 Å². The van der Waals surface area contributed by atoms with Gasteiger partial charge in [0.1, 0.15) is 17.9 Å². The van der Waals surface area contributed by atoms with E-state index >= 15 is 0 Å². The van der Waals surface area contributed by atoms with Crippen LogP contribution in [0.2, 0.25) is 0 Å². The molecule has 1 atom stereocenters. The largest absolute Gasteiger partial charge is 0.489 e. The van der Waals surface area contributed by atoms with E-state index in [4.69, 9.17) is 15.5 Å². The van der Waals surface area contributed by atoms with Gasteiger partial charge in [0.2, 0.25) is 0 Å². The number of para-hydroxylation sites is 1. The number of hydrogen-bond donors (Lipinski definition) is 1. The fraction of sp³-hybridized carbons (Fsp3) is 0.429. The number of piperidine rings is 1. The van der Waals surface area contributed by atoms with Gasteiger partial charge in [-0.1, -0.05) is 24.6 Å². The Balaban J connectivity index is 1.35. The van der Waals surface area contributed by atoms with Gasteiger partial charge >= 0.3 is 0 Å². The minimum atomic E-state index is 0.0164. The molecule has 7 rings (SSSR count). The molecule has 3 aliphatic rings. The summed E-state index contributed by atoms with van der Waals surface area (Å²) in [5.41, 5.74) is 11.0. The Labute approximate surface area is 204 Å². The van der Waals surface area contributed by atoms with E-state index in [1.807, 2.05) is 17.0 Å². The SMILES string of the molecule is N[C@@H]1CCCN(C(=O)c2cc3c4c(c2)nc(-c2cc5ccccc5n2CC2CCC2)n4CCO3)C1. The number of ether oxygens (including phenoxy) is 1. The van der Waals surface area contributed by atoms with Crippen LogP contribution in [-0.2, 0) is 13.1 Å². The molecular formula is C28H31N5O2. The smallest absolute Gasteiger partial charge is 0.254 e. The molecule has 1 amide bonds. The van der Waals surface area contributed by atoms with Crippen molar-refractivity contribution in [2.45, 2.75) is 51.2 Å². The van der Waals surface area contributed by atoms with Crippen molar-refractivity contribution in [1.82, 2.24) is 19.0 Å². The molecule has 4 heterocycles. The van der Waals surface area contributed by atoms with Crippen LogP contribution in [-0.4, -0.2) is 50.7 Å². The first-order valence-electron chi connectivity index (χ1n) is 13.0. The van der Waals surface area contributed by atoms with Crippen LogP contribution in [0.25, 0.3) is 33.5 Å². The summed E-state index contributed by atoms with van der Waals surface area (Å²) in [6, 6.07) is 14.8. The van der Waals surface area contributed by atoms with Gasteiger partial charge < -0.3 is 24.5 Å². The number of carbonyl (C=O) groups is 1. The van der Waals surface area contributed by atoms with Crippen molar-refractivity contribution in [1.29, 1.82) is 0 Å². The summed E-state index contributed by atoms with van der Waals surface area (Å²) in [5, 5.41) is 1.24. The third kappa shape index (κ3) is 3.44. The van der Waals surface area contributed by atoms with E-state index < -0.39 is 0 Å². The summed E-state index contributed by atoms with van der Waals surface area (Å²) in [6.45, 7) is 3.70. The molecular weight excluding hydrogens is 438 g/mol. The van der Waals surface area contributed by atoms with Gasteiger partial charge in [0.25, 0.3) is 5.91 Å². The minimum absolute atomic E-state index is 0.0164. The third-order valence-corrected chi connectivity index (χ3v) is 8.08. The number of carbonyl (C=O) groups excluding carboxylic acids is 1. The van der Waals surface area contributed by atoms with E-state index in [1.54, 1.807) is 0 Å². The van der Waals surface area contributed by atoms with Crippen LogP contribution in [0.4, 0.5) is 0 Å². The van der Waals surface area contributed by atoms with Crippen LogP contribution in [0.1, 0.15) is 42.5 Å². The third-order valence-electron chi connectivity index (χ3n) is 8.08. The van der Waals surface area contributed by atoms with Gasteiger partial charge in [0.15, 0.2) is 5.82 Å². The molecule has 2 aromatic carbocycles. The first kappa shape index (κ1) is 21.0. The molecule has 4 aromatic rings. The molecule has 180 valence electrons. The monoisotopic (exact) mass is 469 g/mol. The van der Waals surface area contributed by atoms with E-state index in [9.17, 15) is 4.79 Å². The molecule has 1 saturated carbocycles. The molecule has 0 radical (unpaired) electrons. The predicted octanol–water partition coefficient (Wildman–Crippen LogP) is 4.41. The molecule has 1 saturated heterocycles. The van der Waals surface area contributed by atoms with Gasteiger partial charge in [0.05, 0.1) is 17.8 Å². The van der Waals surface area contributed by atoms with E-state index in [1.165, 1.54) is 30.2 Å². The van der Waals surface area contributed by atoms with Crippen LogP contribution in [0, 0.1) is 5.92 Å². The lowest BCUT2D eigenvalue weighted by Crippen LogP contribution is -2.45. The highest BCUT2D eigenvalue weighted by molar-refractivity contribution is 6.00. The average molecular weight is 470 g/mol. The Morgan fingerprint density at radius 1 is 1.09 bits per heavy atom. The lowest BCUT2D eigenvalue weighted by molar-refractivity contribution is 0.0708. The normalized spacial score (nSPS) is 20.3. The first-order valence-corrected chi connectivity index (χ1v) is 13.0. The molecule has 0 unspecified atom stereocenters. The molecule has 2 N–H and O–H groups in total. The maximum atomic E-state index is 13.3. The molecule has 2 aliphatic heterocycles. The van der Waals surface area contributed by atoms with Crippen molar-refractivity contribution in [2.75, 3.05) is 19.7 Å². The Morgan fingerprint density at radius 3 is 2.80 bits per heavy atom. The average Bonchev–Trinajstić information content (AvgIpc) is 3.40. The fourth-order valence-electron chi connectivity index (χ4n) is 6.03. The number of imidazole rings is 1. The first-order chi connectivity index (χ1) is 17.2. The van der Waals surface area contributed by atoms with Gasteiger partial charge in [-0.3, -0.25) is 4.79 Å². The Kier molecular flexibility index (Phi) is 4.87. The predicted molar refractivity (Wildman–Crippen MR) is 137 cm³/mol.